The van der Waals surface area contributed by atoms with Crippen molar-refractivity contribution in [2.75, 3.05) is 13.2 Å². The Bertz CT molecular complexity index is 1470. The summed E-state index contributed by atoms with van der Waals surface area (Å²) in [5, 5.41) is 13.7. The lowest BCUT2D eigenvalue weighted by Crippen LogP contribution is -2.26. The molecule has 8 heteroatoms. The third-order valence-corrected chi connectivity index (χ3v) is 6.99. The first-order chi connectivity index (χ1) is 18.0. The molecule has 0 saturated carbocycles. The van der Waals surface area contributed by atoms with Crippen molar-refractivity contribution in [1.29, 1.82) is 5.26 Å². The first-order valence-electron chi connectivity index (χ1n) is 11.8. The third kappa shape index (κ3) is 6.93. The van der Waals surface area contributed by atoms with Gasteiger partial charge in [0.05, 0.1) is 10.2 Å². The number of halogens is 2. The number of aromatic nitrogens is 1. The number of nitriles is 1. The first-order valence-corrected chi connectivity index (χ1v) is 13.6. The molecule has 0 radical (unpaired) electrons. The van der Waals surface area contributed by atoms with Gasteiger partial charge in [0, 0.05) is 28.1 Å². The van der Waals surface area contributed by atoms with E-state index < -0.39 is 5.91 Å². The van der Waals surface area contributed by atoms with Gasteiger partial charge in [-0.05, 0) is 89.0 Å². The second-order valence-corrected chi connectivity index (χ2v) is 10.3. The zero-order valence-electron chi connectivity index (χ0n) is 20.2. The van der Waals surface area contributed by atoms with Gasteiger partial charge in [-0.1, -0.05) is 46.3 Å². The topological polar surface area (TPSA) is 87.1 Å². The number of carbonyl (C=O) groups is 1. The lowest BCUT2D eigenvalue weighted by Gasteiger charge is -2.15. The molecule has 2 N–H and O–H groups in total. The van der Waals surface area contributed by atoms with Crippen molar-refractivity contribution >= 4 is 61.4 Å². The van der Waals surface area contributed by atoms with Crippen LogP contribution in [0.2, 0.25) is 0 Å². The Kier molecular flexibility index (Phi) is 9.25. The quantitative estimate of drug-likeness (QED) is 0.111. The van der Waals surface area contributed by atoms with Gasteiger partial charge in [0.25, 0.3) is 5.91 Å². The summed E-state index contributed by atoms with van der Waals surface area (Å²) >= 11 is 5.62. The number of nitrogens with zero attached hydrogens (tertiary/aromatic N) is 1. The van der Waals surface area contributed by atoms with Crippen molar-refractivity contribution in [1.82, 2.24) is 10.3 Å². The summed E-state index contributed by atoms with van der Waals surface area (Å²) < 4.78 is 13.7. The van der Waals surface area contributed by atoms with E-state index >= 15 is 0 Å². The number of aromatic amines is 1. The number of fused-ring (bicyclic) bond motifs is 1. The van der Waals surface area contributed by atoms with Crippen molar-refractivity contribution < 1.29 is 14.3 Å². The molecule has 0 atom stereocenters. The van der Waals surface area contributed by atoms with Crippen molar-refractivity contribution in [3.63, 3.8) is 0 Å². The van der Waals surface area contributed by atoms with Gasteiger partial charge >= 0.3 is 0 Å². The van der Waals surface area contributed by atoms with Crippen LogP contribution in [0.1, 0.15) is 23.6 Å². The maximum atomic E-state index is 12.7. The number of H-pyrrole nitrogens is 1. The van der Waals surface area contributed by atoms with Crippen LogP contribution in [0.4, 0.5) is 0 Å². The molecule has 0 aliphatic rings. The third-order valence-electron chi connectivity index (χ3n) is 5.66. The molecule has 0 spiro atoms. The molecule has 1 amide bonds. The van der Waals surface area contributed by atoms with Gasteiger partial charge in [-0.25, -0.2) is 0 Å². The monoisotopic (exact) mass is 669 g/mol. The molecule has 0 bridgehead atoms. The summed E-state index contributed by atoms with van der Waals surface area (Å²) in [4.78, 5) is 16.0. The molecule has 0 saturated heterocycles. The largest absolute Gasteiger partial charge is 0.490 e. The fourth-order valence-corrected chi connectivity index (χ4v) is 4.92. The lowest BCUT2D eigenvalue weighted by molar-refractivity contribution is -0.117. The Morgan fingerprint density at radius 2 is 1.95 bits per heavy atom. The zero-order valence-corrected chi connectivity index (χ0v) is 23.9. The maximum absolute atomic E-state index is 12.7. The number of para-hydroxylation sites is 1. The summed E-state index contributed by atoms with van der Waals surface area (Å²) in [5.41, 5.74) is 3.92. The van der Waals surface area contributed by atoms with Crippen LogP contribution in [0.15, 0.2) is 76.9 Å². The van der Waals surface area contributed by atoms with Crippen LogP contribution in [0, 0.1) is 14.9 Å². The van der Waals surface area contributed by atoms with E-state index in [4.69, 9.17) is 9.47 Å². The number of hydrogen-bond donors (Lipinski definition) is 2. The summed E-state index contributed by atoms with van der Waals surface area (Å²) in [6, 6.07) is 21.6. The molecule has 6 nitrogen and oxygen atoms in total. The van der Waals surface area contributed by atoms with E-state index in [0.29, 0.717) is 43.2 Å². The number of amides is 1. The van der Waals surface area contributed by atoms with Gasteiger partial charge in [0.1, 0.15) is 18.2 Å². The Morgan fingerprint density at radius 3 is 2.70 bits per heavy atom. The van der Waals surface area contributed by atoms with Crippen LogP contribution in [0.3, 0.4) is 0 Å². The van der Waals surface area contributed by atoms with E-state index in [1.165, 1.54) is 0 Å². The fourth-order valence-electron chi connectivity index (χ4n) is 3.87. The minimum Gasteiger partial charge on any atom is -0.490 e. The molecule has 1 heterocycles. The van der Waals surface area contributed by atoms with E-state index in [9.17, 15) is 10.1 Å². The van der Waals surface area contributed by atoms with Crippen LogP contribution in [-0.2, 0) is 17.8 Å². The van der Waals surface area contributed by atoms with Crippen molar-refractivity contribution in [2.24, 2.45) is 0 Å². The van der Waals surface area contributed by atoms with Crippen LogP contribution < -0.4 is 14.8 Å². The van der Waals surface area contributed by atoms with Crippen molar-refractivity contribution in [3.8, 4) is 17.6 Å². The molecule has 0 unspecified atom stereocenters. The van der Waals surface area contributed by atoms with Gasteiger partial charge in [-0.2, -0.15) is 5.26 Å². The highest BCUT2D eigenvalue weighted by atomic mass is 127. The fraction of sp³-hybridized carbons (Fsp3) is 0.172. The molecule has 1 aromatic heterocycles. The molecule has 188 valence electrons. The Labute approximate surface area is 237 Å². The maximum Gasteiger partial charge on any atom is 0.261 e. The van der Waals surface area contributed by atoms with Crippen LogP contribution in [0.5, 0.6) is 11.5 Å². The van der Waals surface area contributed by atoms with E-state index in [0.717, 1.165) is 30.1 Å². The highest BCUT2D eigenvalue weighted by Gasteiger charge is 2.15. The Morgan fingerprint density at radius 1 is 1.16 bits per heavy atom. The van der Waals surface area contributed by atoms with E-state index in [-0.39, 0.29) is 5.57 Å². The molecule has 0 aliphatic heterocycles. The molecule has 0 aliphatic carbocycles. The highest BCUT2D eigenvalue weighted by molar-refractivity contribution is 14.1. The van der Waals surface area contributed by atoms with Gasteiger partial charge in [0.2, 0.25) is 0 Å². The Hall–Kier alpha value is -3.29. The minimum absolute atomic E-state index is 0.0284. The number of hydrogen-bond acceptors (Lipinski definition) is 4. The predicted octanol–water partition coefficient (Wildman–Crippen LogP) is 6.78. The van der Waals surface area contributed by atoms with Gasteiger partial charge in [-0.3, -0.25) is 4.79 Å². The average molecular weight is 670 g/mol. The first kappa shape index (κ1) is 26.8. The molecular formula is C29H25BrIN3O3. The molecule has 0 fully saturated rings. The number of benzene rings is 3. The summed E-state index contributed by atoms with van der Waals surface area (Å²) in [7, 11) is 0. The van der Waals surface area contributed by atoms with Crippen LogP contribution >= 0.6 is 38.5 Å². The molecular weight excluding hydrogens is 645 g/mol. The smallest absolute Gasteiger partial charge is 0.261 e. The zero-order chi connectivity index (χ0) is 26.2. The van der Waals surface area contributed by atoms with E-state index in [1.807, 2.05) is 73.8 Å². The minimum atomic E-state index is -0.411. The van der Waals surface area contributed by atoms with E-state index in [1.54, 1.807) is 12.1 Å². The standard InChI is InChI=1S/C29H25BrIN3O3/c1-2-36-27-15-20(14-25(31)28(27)37-18-19-7-9-23(30)10-8-19)13-22(16-32)29(35)33-12-11-21-17-34-26-6-4-3-5-24(21)26/h3-10,13-15,17,34H,2,11-12,18H2,1H3,(H,33,35)/b22-13-. The number of ether oxygens (including phenoxy) is 2. The van der Waals surface area contributed by atoms with Gasteiger partial charge in [-0.15, -0.1) is 0 Å². The second-order valence-electron chi connectivity index (χ2n) is 8.21. The normalized spacial score (nSPS) is 11.2. The van der Waals surface area contributed by atoms with E-state index in [2.05, 4.69) is 48.8 Å². The lowest BCUT2D eigenvalue weighted by atomic mass is 10.1. The molecule has 3 aromatic carbocycles. The average Bonchev–Trinajstić information content (AvgIpc) is 3.31. The molecule has 4 rings (SSSR count). The molecule has 4 aromatic rings. The predicted molar refractivity (Wildman–Crippen MR) is 157 cm³/mol. The summed E-state index contributed by atoms with van der Waals surface area (Å²) in [5.74, 6) is 0.782. The summed E-state index contributed by atoms with van der Waals surface area (Å²) in [6.45, 7) is 3.16. The van der Waals surface area contributed by atoms with Crippen molar-refractivity contribution in [3.05, 3.63) is 97.2 Å². The van der Waals surface area contributed by atoms with Crippen LogP contribution in [-0.4, -0.2) is 24.0 Å². The highest BCUT2D eigenvalue weighted by Crippen LogP contribution is 2.35. The van der Waals surface area contributed by atoms with Gasteiger partial charge in [0.15, 0.2) is 11.5 Å². The van der Waals surface area contributed by atoms with Gasteiger partial charge < -0.3 is 19.8 Å². The number of rotatable bonds is 10. The second kappa shape index (κ2) is 12.8. The number of carbonyl (C=O) groups excluding carboxylic acids is 1. The SMILES string of the molecule is CCOc1cc(/C=C(/C#N)C(=O)NCCc2c[nH]c3ccccc23)cc(I)c1OCc1ccc(Br)cc1. The summed E-state index contributed by atoms with van der Waals surface area (Å²) in [6.07, 6.45) is 4.19. The molecule has 37 heavy (non-hydrogen) atoms. The van der Waals surface area contributed by atoms with Crippen LogP contribution in [0.25, 0.3) is 17.0 Å². The number of nitrogens with one attached hydrogen (secondary N) is 2. The van der Waals surface area contributed by atoms with Crippen molar-refractivity contribution in [2.45, 2.75) is 20.0 Å². The Balaban J connectivity index is 1.45.